The Kier molecular flexibility index (Phi) is 3.78. The third-order valence-corrected chi connectivity index (χ3v) is 5.11. The molecule has 2 rings (SSSR count). The first kappa shape index (κ1) is 14.5. The highest BCUT2D eigenvalue weighted by Crippen LogP contribution is 2.26. The fourth-order valence-corrected chi connectivity index (χ4v) is 4.21. The largest absolute Gasteiger partial charge is 0.478 e. The number of carbonyl (C=O) groups is 1. The minimum Gasteiger partial charge on any atom is -0.478 e. The van der Waals surface area contributed by atoms with E-state index >= 15 is 0 Å². The van der Waals surface area contributed by atoms with Gasteiger partial charge in [-0.15, -0.1) is 11.3 Å². The summed E-state index contributed by atoms with van der Waals surface area (Å²) in [5.41, 5.74) is -0.00416. The highest BCUT2D eigenvalue weighted by Gasteiger charge is 2.19. The zero-order valence-electron chi connectivity index (χ0n) is 10.7. The molecule has 0 saturated carbocycles. The van der Waals surface area contributed by atoms with E-state index in [0.717, 1.165) is 11.1 Å². The van der Waals surface area contributed by atoms with Crippen LogP contribution in [0.15, 0.2) is 29.3 Å². The molecule has 0 aliphatic carbocycles. The molecule has 20 heavy (non-hydrogen) atoms. The molecule has 106 valence electrons. The van der Waals surface area contributed by atoms with Crippen LogP contribution in [0.3, 0.4) is 0 Å². The van der Waals surface area contributed by atoms with E-state index in [1.54, 1.807) is 13.0 Å². The molecule has 0 aliphatic heterocycles. The standard InChI is InChI=1S/C12H12N2O4S2/c1-7-5-10(8(2)19-7)20(17,18)14-11-4-3-9(6-13-11)12(15)16/h3-6H,1-2H3,(H,13,14)(H,15,16). The Balaban J connectivity index is 2.28. The number of nitrogens with one attached hydrogen (secondary N) is 1. The van der Waals surface area contributed by atoms with Crippen molar-refractivity contribution in [3.63, 3.8) is 0 Å². The Morgan fingerprint density at radius 2 is 2.05 bits per heavy atom. The van der Waals surface area contributed by atoms with Gasteiger partial charge in [0.1, 0.15) is 10.7 Å². The van der Waals surface area contributed by atoms with Gasteiger partial charge < -0.3 is 5.11 Å². The summed E-state index contributed by atoms with van der Waals surface area (Å²) < 4.78 is 26.7. The summed E-state index contributed by atoms with van der Waals surface area (Å²) in [5.74, 6) is -1.03. The maximum absolute atomic E-state index is 12.2. The monoisotopic (exact) mass is 312 g/mol. The third kappa shape index (κ3) is 2.97. The second-order valence-electron chi connectivity index (χ2n) is 4.12. The molecular weight excluding hydrogens is 300 g/mol. The van der Waals surface area contributed by atoms with Crippen molar-refractivity contribution in [2.45, 2.75) is 18.7 Å². The molecule has 8 heteroatoms. The van der Waals surface area contributed by atoms with Gasteiger partial charge in [0.15, 0.2) is 0 Å². The van der Waals surface area contributed by atoms with Gasteiger partial charge in [-0.3, -0.25) is 4.72 Å². The van der Waals surface area contributed by atoms with E-state index in [-0.39, 0.29) is 16.3 Å². The second kappa shape index (κ2) is 5.22. The van der Waals surface area contributed by atoms with Crippen LogP contribution in [0.25, 0.3) is 0 Å². The summed E-state index contributed by atoms with van der Waals surface area (Å²) in [5, 5.41) is 8.75. The summed E-state index contributed by atoms with van der Waals surface area (Å²) >= 11 is 1.40. The summed E-state index contributed by atoms with van der Waals surface area (Å²) in [7, 11) is -3.71. The number of hydrogen-bond acceptors (Lipinski definition) is 5. The van der Waals surface area contributed by atoms with E-state index in [4.69, 9.17) is 5.11 Å². The lowest BCUT2D eigenvalue weighted by molar-refractivity contribution is 0.0696. The predicted octanol–water partition coefficient (Wildman–Crippen LogP) is 2.26. The molecule has 6 nitrogen and oxygen atoms in total. The summed E-state index contributed by atoms with van der Waals surface area (Å²) in [6, 6.07) is 4.20. The molecule has 0 radical (unpaired) electrons. The van der Waals surface area contributed by atoms with E-state index < -0.39 is 16.0 Å². The summed E-state index contributed by atoms with van der Waals surface area (Å²) in [4.78, 5) is 16.3. The number of carboxylic acid groups (broad SMARTS) is 1. The molecule has 0 saturated heterocycles. The van der Waals surface area contributed by atoms with E-state index in [0.29, 0.717) is 4.88 Å². The summed E-state index contributed by atoms with van der Waals surface area (Å²) in [6.07, 6.45) is 1.10. The van der Waals surface area contributed by atoms with Crippen molar-refractivity contribution in [1.82, 2.24) is 4.98 Å². The number of aryl methyl sites for hydroxylation is 2. The van der Waals surface area contributed by atoms with Crippen LogP contribution in [0.2, 0.25) is 0 Å². The maximum Gasteiger partial charge on any atom is 0.337 e. The summed E-state index contributed by atoms with van der Waals surface area (Å²) in [6.45, 7) is 3.56. The van der Waals surface area contributed by atoms with E-state index in [2.05, 4.69) is 9.71 Å². The highest BCUT2D eigenvalue weighted by atomic mass is 32.2. The van der Waals surface area contributed by atoms with Gasteiger partial charge in [0.2, 0.25) is 0 Å². The molecule has 0 spiro atoms. The number of rotatable bonds is 4. The van der Waals surface area contributed by atoms with E-state index in [9.17, 15) is 13.2 Å². The second-order valence-corrected chi connectivity index (χ2v) is 7.23. The minimum absolute atomic E-state index is 0.00416. The molecule has 0 atom stereocenters. The van der Waals surface area contributed by atoms with Gasteiger partial charge in [-0.1, -0.05) is 0 Å². The molecule has 0 fully saturated rings. The minimum atomic E-state index is -3.71. The Hall–Kier alpha value is -1.93. The van der Waals surface area contributed by atoms with Crippen LogP contribution in [0.4, 0.5) is 5.82 Å². The lowest BCUT2D eigenvalue weighted by Crippen LogP contribution is -2.14. The number of hydrogen-bond donors (Lipinski definition) is 2. The predicted molar refractivity (Wildman–Crippen MR) is 75.8 cm³/mol. The van der Waals surface area contributed by atoms with Crippen molar-refractivity contribution in [3.8, 4) is 0 Å². The van der Waals surface area contributed by atoms with Gasteiger partial charge in [0.25, 0.3) is 10.0 Å². The molecular formula is C12H12N2O4S2. The average Bonchev–Trinajstić information content (AvgIpc) is 2.69. The lowest BCUT2D eigenvalue weighted by atomic mass is 10.3. The van der Waals surface area contributed by atoms with Crippen LogP contribution in [0.1, 0.15) is 20.1 Å². The molecule has 2 N–H and O–H groups in total. The van der Waals surface area contributed by atoms with Gasteiger partial charge in [-0.05, 0) is 32.0 Å². The lowest BCUT2D eigenvalue weighted by Gasteiger charge is -2.06. The number of aromatic nitrogens is 1. The number of pyridine rings is 1. The SMILES string of the molecule is Cc1cc(S(=O)(=O)Nc2ccc(C(=O)O)cn2)c(C)s1. The van der Waals surface area contributed by atoms with Crippen LogP contribution in [0.5, 0.6) is 0 Å². The van der Waals surface area contributed by atoms with Gasteiger partial charge in [0, 0.05) is 16.0 Å². The van der Waals surface area contributed by atoms with Crippen molar-refractivity contribution in [1.29, 1.82) is 0 Å². The maximum atomic E-state index is 12.2. The first-order valence-electron chi connectivity index (χ1n) is 5.59. The van der Waals surface area contributed by atoms with Crippen molar-refractivity contribution >= 4 is 33.1 Å². The third-order valence-electron chi connectivity index (χ3n) is 2.53. The Bertz CT molecular complexity index is 748. The molecule has 2 aromatic rings. The fourth-order valence-electron chi connectivity index (χ4n) is 1.65. The average molecular weight is 312 g/mol. The van der Waals surface area contributed by atoms with Crippen molar-refractivity contribution in [3.05, 3.63) is 39.7 Å². The van der Waals surface area contributed by atoms with Gasteiger partial charge >= 0.3 is 5.97 Å². The number of sulfonamides is 1. The molecule has 0 bridgehead atoms. The molecule has 2 aromatic heterocycles. The quantitative estimate of drug-likeness (QED) is 0.902. The number of thiophene rings is 1. The van der Waals surface area contributed by atoms with Crippen LogP contribution < -0.4 is 4.72 Å². The first-order chi connectivity index (χ1) is 9.29. The molecule has 0 unspecified atom stereocenters. The van der Waals surface area contributed by atoms with Crippen LogP contribution >= 0.6 is 11.3 Å². The number of anilines is 1. The Labute approximate surface area is 120 Å². The smallest absolute Gasteiger partial charge is 0.337 e. The Morgan fingerprint density at radius 3 is 2.50 bits per heavy atom. The molecule has 0 amide bonds. The number of carboxylic acids is 1. The van der Waals surface area contributed by atoms with Crippen LogP contribution in [0, 0.1) is 13.8 Å². The van der Waals surface area contributed by atoms with Crippen LogP contribution in [-0.2, 0) is 10.0 Å². The first-order valence-corrected chi connectivity index (χ1v) is 7.89. The van der Waals surface area contributed by atoms with Crippen molar-refractivity contribution in [2.24, 2.45) is 0 Å². The molecule has 0 aliphatic rings. The zero-order valence-corrected chi connectivity index (χ0v) is 12.4. The molecule has 2 heterocycles. The van der Waals surface area contributed by atoms with Crippen molar-refractivity contribution < 1.29 is 18.3 Å². The number of nitrogens with zero attached hydrogens (tertiary/aromatic N) is 1. The van der Waals surface area contributed by atoms with E-state index in [1.807, 2.05) is 6.92 Å². The number of aromatic carboxylic acids is 1. The van der Waals surface area contributed by atoms with Gasteiger partial charge in [0.05, 0.1) is 5.56 Å². The van der Waals surface area contributed by atoms with Gasteiger partial charge in [-0.25, -0.2) is 18.2 Å². The fraction of sp³-hybridized carbons (Fsp3) is 0.167. The van der Waals surface area contributed by atoms with Crippen LogP contribution in [-0.4, -0.2) is 24.5 Å². The topological polar surface area (TPSA) is 96.4 Å². The van der Waals surface area contributed by atoms with Crippen molar-refractivity contribution in [2.75, 3.05) is 4.72 Å². The normalized spacial score (nSPS) is 11.3. The highest BCUT2D eigenvalue weighted by molar-refractivity contribution is 7.93. The van der Waals surface area contributed by atoms with Gasteiger partial charge in [-0.2, -0.15) is 0 Å². The zero-order chi connectivity index (χ0) is 14.9. The van der Waals surface area contributed by atoms with E-state index in [1.165, 1.54) is 23.5 Å². The molecule has 0 aromatic carbocycles. The Morgan fingerprint density at radius 1 is 1.35 bits per heavy atom.